The molecule has 0 bridgehead atoms. The first-order valence-corrected chi connectivity index (χ1v) is 8.94. The molecule has 7 heteroatoms. The fourth-order valence-corrected chi connectivity index (χ4v) is 3.31. The van der Waals surface area contributed by atoms with Crippen LogP contribution in [0.15, 0.2) is 41.2 Å². The lowest BCUT2D eigenvalue weighted by Gasteiger charge is -2.31. The Labute approximate surface area is 158 Å². The number of hydrogen-bond donors (Lipinski definition) is 1. The molecule has 1 aromatic heterocycles. The van der Waals surface area contributed by atoms with Crippen LogP contribution in [0.3, 0.4) is 0 Å². The van der Waals surface area contributed by atoms with E-state index in [0.717, 1.165) is 12.8 Å². The van der Waals surface area contributed by atoms with Crippen molar-refractivity contribution in [1.82, 2.24) is 10.2 Å². The third-order valence-corrected chi connectivity index (χ3v) is 4.87. The molecule has 0 spiro atoms. The Bertz CT molecular complexity index is 780. The maximum Gasteiger partial charge on any atom is 0.257 e. The fourth-order valence-electron chi connectivity index (χ4n) is 3.31. The quantitative estimate of drug-likeness (QED) is 0.843. The maximum absolute atomic E-state index is 12.5. The van der Waals surface area contributed by atoms with Crippen LogP contribution in [0.4, 0.5) is 0 Å². The smallest absolute Gasteiger partial charge is 0.257 e. The highest BCUT2D eigenvalue weighted by molar-refractivity contribution is 5.97. The van der Waals surface area contributed by atoms with Crippen molar-refractivity contribution in [2.24, 2.45) is 5.92 Å². The maximum atomic E-state index is 12.5. The van der Waals surface area contributed by atoms with E-state index in [2.05, 4.69) is 5.32 Å². The van der Waals surface area contributed by atoms with Crippen molar-refractivity contribution in [3.63, 3.8) is 0 Å². The van der Waals surface area contributed by atoms with Gasteiger partial charge in [-0.3, -0.25) is 9.59 Å². The van der Waals surface area contributed by atoms with Gasteiger partial charge in [0.05, 0.1) is 31.6 Å². The number of likely N-dealkylation sites (tertiary alicyclic amines) is 1. The van der Waals surface area contributed by atoms with Crippen molar-refractivity contribution >= 4 is 11.8 Å². The lowest BCUT2D eigenvalue weighted by atomic mass is 9.96. The minimum absolute atomic E-state index is 0.00708. The number of furan rings is 1. The van der Waals surface area contributed by atoms with Crippen molar-refractivity contribution in [3.8, 4) is 11.5 Å². The van der Waals surface area contributed by atoms with Crippen LogP contribution in [-0.4, -0.2) is 50.6 Å². The molecule has 1 aliphatic heterocycles. The van der Waals surface area contributed by atoms with Crippen LogP contribution in [0.5, 0.6) is 11.5 Å². The van der Waals surface area contributed by atoms with Gasteiger partial charge in [-0.2, -0.15) is 0 Å². The van der Waals surface area contributed by atoms with Crippen molar-refractivity contribution in [2.75, 3.05) is 33.9 Å². The van der Waals surface area contributed by atoms with Gasteiger partial charge in [-0.05, 0) is 37.0 Å². The molecule has 27 heavy (non-hydrogen) atoms. The van der Waals surface area contributed by atoms with E-state index in [1.54, 1.807) is 24.3 Å². The number of nitrogens with one attached hydrogen (secondary N) is 1. The number of amides is 2. The second kappa shape index (κ2) is 8.62. The second-order valence-electron chi connectivity index (χ2n) is 6.50. The highest BCUT2D eigenvalue weighted by Crippen LogP contribution is 2.30. The largest absolute Gasteiger partial charge is 0.493 e. The van der Waals surface area contributed by atoms with Crippen molar-refractivity contribution in [3.05, 3.63) is 47.9 Å². The number of hydrogen-bond acceptors (Lipinski definition) is 5. The Hall–Kier alpha value is -2.96. The number of benzene rings is 1. The second-order valence-corrected chi connectivity index (χ2v) is 6.50. The van der Waals surface area contributed by atoms with E-state index in [-0.39, 0.29) is 11.8 Å². The minimum atomic E-state index is -0.192. The monoisotopic (exact) mass is 372 g/mol. The summed E-state index contributed by atoms with van der Waals surface area (Å²) in [5.41, 5.74) is 1.02. The number of carbonyl (C=O) groups excluding carboxylic acids is 2. The number of ether oxygens (including phenoxy) is 2. The Kier molecular flexibility index (Phi) is 6.01. The van der Waals surface area contributed by atoms with Gasteiger partial charge in [0, 0.05) is 19.6 Å². The van der Waals surface area contributed by atoms with E-state index < -0.39 is 0 Å². The van der Waals surface area contributed by atoms with E-state index in [1.165, 1.54) is 26.7 Å². The molecule has 0 unspecified atom stereocenters. The molecule has 2 amide bonds. The van der Waals surface area contributed by atoms with Gasteiger partial charge in [0.25, 0.3) is 11.8 Å². The summed E-state index contributed by atoms with van der Waals surface area (Å²) < 4.78 is 15.5. The normalized spacial score (nSPS) is 14.7. The number of rotatable bonds is 6. The number of nitrogens with zero attached hydrogens (tertiary/aromatic N) is 1. The molecule has 1 aliphatic rings. The number of carbonyl (C=O) groups is 2. The average molecular weight is 372 g/mol. The van der Waals surface area contributed by atoms with Gasteiger partial charge in [-0.25, -0.2) is 0 Å². The molecule has 2 aromatic rings. The summed E-state index contributed by atoms with van der Waals surface area (Å²) in [6.07, 6.45) is 4.66. The molecule has 1 aromatic carbocycles. The van der Waals surface area contributed by atoms with Crippen LogP contribution in [0.2, 0.25) is 0 Å². The molecule has 1 saturated heterocycles. The summed E-state index contributed by atoms with van der Waals surface area (Å²) in [5, 5.41) is 2.97. The van der Waals surface area contributed by atoms with Gasteiger partial charge in [0.15, 0.2) is 11.5 Å². The van der Waals surface area contributed by atoms with Gasteiger partial charge in [0.1, 0.15) is 6.26 Å². The predicted molar refractivity (Wildman–Crippen MR) is 99.2 cm³/mol. The average Bonchev–Trinajstić information content (AvgIpc) is 3.26. The lowest BCUT2D eigenvalue weighted by molar-refractivity contribution is 0.0683. The van der Waals surface area contributed by atoms with Crippen LogP contribution < -0.4 is 14.8 Å². The SMILES string of the molecule is COc1cccc(C(=O)NCC2CCN(C(=O)c3ccoc3)CC2)c1OC. The molecular formula is C20H24N2O5. The summed E-state index contributed by atoms with van der Waals surface area (Å²) in [6.45, 7) is 1.91. The van der Waals surface area contributed by atoms with E-state index in [4.69, 9.17) is 13.9 Å². The summed E-state index contributed by atoms with van der Waals surface area (Å²) in [5.74, 6) is 1.09. The van der Waals surface area contributed by atoms with Gasteiger partial charge < -0.3 is 24.1 Å². The van der Waals surface area contributed by atoms with Gasteiger partial charge >= 0.3 is 0 Å². The topological polar surface area (TPSA) is 81.0 Å². The Balaban J connectivity index is 1.52. The number of para-hydroxylation sites is 1. The van der Waals surface area contributed by atoms with Crippen LogP contribution in [-0.2, 0) is 0 Å². The summed E-state index contributed by atoms with van der Waals surface area (Å²) in [7, 11) is 3.06. The van der Waals surface area contributed by atoms with Crippen molar-refractivity contribution in [1.29, 1.82) is 0 Å². The van der Waals surface area contributed by atoms with Crippen molar-refractivity contribution < 1.29 is 23.5 Å². The first-order chi connectivity index (χ1) is 13.1. The Morgan fingerprint density at radius 3 is 2.59 bits per heavy atom. The number of piperidine rings is 1. The molecule has 144 valence electrons. The molecule has 0 aliphatic carbocycles. The molecule has 1 fully saturated rings. The van der Waals surface area contributed by atoms with E-state index in [9.17, 15) is 9.59 Å². The van der Waals surface area contributed by atoms with Crippen LogP contribution >= 0.6 is 0 Å². The van der Waals surface area contributed by atoms with E-state index in [1.807, 2.05) is 4.90 Å². The molecule has 7 nitrogen and oxygen atoms in total. The molecule has 3 rings (SSSR count). The summed E-state index contributed by atoms with van der Waals surface area (Å²) in [6, 6.07) is 6.90. The van der Waals surface area contributed by atoms with E-state index in [0.29, 0.717) is 48.2 Å². The van der Waals surface area contributed by atoms with Crippen LogP contribution in [0.1, 0.15) is 33.6 Å². The standard InChI is InChI=1S/C20H24N2O5/c1-25-17-5-3-4-16(18(17)26-2)19(23)21-12-14-6-9-22(10-7-14)20(24)15-8-11-27-13-15/h3-5,8,11,13-14H,6-7,9-10,12H2,1-2H3,(H,21,23). The Morgan fingerprint density at radius 2 is 1.96 bits per heavy atom. The highest BCUT2D eigenvalue weighted by atomic mass is 16.5. The molecule has 1 N–H and O–H groups in total. The fraction of sp³-hybridized carbons (Fsp3) is 0.400. The van der Waals surface area contributed by atoms with Crippen LogP contribution in [0.25, 0.3) is 0 Å². The molecular weight excluding hydrogens is 348 g/mol. The zero-order chi connectivity index (χ0) is 19.2. The first kappa shape index (κ1) is 18.8. The third-order valence-electron chi connectivity index (χ3n) is 4.87. The minimum Gasteiger partial charge on any atom is -0.493 e. The summed E-state index contributed by atoms with van der Waals surface area (Å²) >= 11 is 0. The molecule has 2 heterocycles. The summed E-state index contributed by atoms with van der Waals surface area (Å²) in [4.78, 5) is 26.7. The zero-order valence-electron chi connectivity index (χ0n) is 15.6. The number of methoxy groups -OCH3 is 2. The zero-order valence-corrected chi connectivity index (χ0v) is 15.6. The lowest BCUT2D eigenvalue weighted by Crippen LogP contribution is -2.41. The Morgan fingerprint density at radius 1 is 1.19 bits per heavy atom. The van der Waals surface area contributed by atoms with Crippen molar-refractivity contribution in [2.45, 2.75) is 12.8 Å². The van der Waals surface area contributed by atoms with Gasteiger partial charge in [-0.1, -0.05) is 6.07 Å². The van der Waals surface area contributed by atoms with E-state index >= 15 is 0 Å². The van der Waals surface area contributed by atoms with Gasteiger partial charge in [-0.15, -0.1) is 0 Å². The molecule has 0 radical (unpaired) electrons. The molecule has 0 atom stereocenters. The predicted octanol–water partition coefficient (Wildman–Crippen LogP) is 2.58. The third kappa shape index (κ3) is 4.24. The van der Waals surface area contributed by atoms with Gasteiger partial charge in [0.2, 0.25) is 0 Å². The first-order valence-electron chi connectivity index (χ1n) is 8.94. The van der Waals surface area contributed by atoms with Crippen LogP contribution in [0, 0.1) is 5.92 Å². The molecule has 0 saturated carbocycles. The highest BCUT2D eigenvalue weighted by Gasteiger charge is 2.25.